The van der Waals surface area contributed by atoms with E-state index < -0.39 is 14.9 Å². The number of nitro groups is 1. The van der Waals surface area contributed by atoms with Crippen molar-refractivity contribution in [2.24, 2.45) is 0 Å². The molecule has 120 valence electrons. The van der Waals surface area contributed by atoms with Gasteiger partial charge in [0.05, 0.1) is 22.1 Å². The molecule has 0 aromatic heterocycles. The molecule has 1 aliphatic rings. The summed E-state index contributed by atoms with van der Waals surface area (Å²) in [6.45, 7) is 0.279. The number of fused-ring (bicyclic) bond motifs is 1. The Bertz CT molecular complexity index is 884. The molecule has 2 aromatic rings. The molecule has 1 heterocycles. The minimum absolute atomic E-state index is 0.0956. The Labute approximate surface area is 137 Å². The Balaban J connectivity index is 2.10. The highest BCUT2D eigenvalue weighted by Gasteiger charge is 2.31. The van der Waals surface area contributed by atoms with Crippen LogP contribution in [0.1, 0.15) is 0 Å². The van der Waals surface area contributed by atoms with Crippen LogP contribution in [0.2, 0.25) is 5.02 Å². The van der Waals surface area contributed by atoms with Crippen LogP contribution < -0.4 is 9.04 Å². The Morgan fingerprint density at radius 3 is 2.74 bits per heavy atom. The first kappa shape index (κ1) is 15.6. The van der Waals surface area contributed by atoms with Gasteiger partial charge in [-0.2, -0.15) is 0 Å². The van der Waals surface area contributed by atoms with E-state index in [0.29, 0.717) is 16.5 Å². The van der Waals surface area contributed by atoms with Crippen LogP contribution in [0.25, 0.3) is 0 Å². The lowest BCUT2D eigenvalue weighted by molar-refractivity contribution is -0.385. The van der Waals surface area contributed by atoms with Gasteiger partial charge in [0, 0.05) is 17.2 Å². The average Bonchev–Trinajstić information content (AvgIpc) is 2.54. The number of ether oxygens (including phenoxy) is 1. The fraction of sp³-hybridized carbons (Fsp3) is 0.143. The first-order chi connectivity index (χ1) is 10.9. The van der Waals surface area contributed by atoms with Crippen molar-refractivity contribution in [2.45, 2.75) is 4.90 Å². The number of anilines is 1. The van der Waals surface area contributed by atoms with E-state index in [1.54, 1.807) is 12.1 Å². The van der Waals surface area contributed by atoms with Gasteiger partial charge in [-0.15, -0.1) is 0 Å². The highest BCUT2D eigenvalue weighted by atomic mass is 35.5. The minimum atomic E-state index is -3.96. The van der Waals surface area contributed by atoms with Gasteiger partial charge in [0.1, 0.15) is 12.4 Å². The maximum atomic E-state index is 12.8. The van der Waals surface area contributed by atoms with Crippen molar-refractivity contribution in [2.75, 3.05) is 17.5 Å². The zero-order chi connectivity index (χ0) is 16.6. The number of hydrogen-bond acceptors (Lipinski definition) is 5. The molecule has 0 bridgehead atoms. The molecule has 0 atom stereocenters. The number of rotatable bonds is 3. The smallest absolute Gasteiger partial charge is 0.270 e. The summed E-state index contributed by atoms with van der Waals surface area (Å²) in [5.41, 5.74) is 0.0286. The predicted molar refractivity (Wildman–Crippen MR) is 84.6 cm³/mol. The van der Waals surface area contributed by atoms with E-state index >= 15 is 0 Å². The van der Waals surface area contributed by atoms with Crippen LogP contribution in [-0.4, -0.2) is 26.5 Å². The molecule has 0 radical (unpaired) electrons. The lowest BCUT2D eigenvalue weighted by Gasteiger charge is -2.30. The number of sulfonamides is 1. The lowest BCUT2D eigenvalue weighted by atomic mass is 10.2. The van der Waals surface area contributed by atoms with Gasteiger partial charge < -0.3 is 4.74 Å². The summed E-state index contributed by atoms with van der Waals surface area (Å²) in [4.78, 5) is 10.1. The van der Waals surface area contributed by atoms with E-state index in [9.17, 15) is 18.5 Å². The summed E-state index contributed by atoms with van der Waals surface area (Å²) in [6.07, 6.45) is 0. The lowest BCUT2D eigenvalue weighted by Crippen LogP contribution is -2.37. The van der Waals surface area contributed by atoms with Crippen LogP contribution in [0.3, 0.4) is 0 Å². The molecule has 2 aromatic carbocycles. The molecule has 9 heteroatoms. The molecule has 0 fully saturated rings. The van der Waals surface area contributed by atoms with Crippen LogP contribution in [0.4, 0.5) is 11.4 Å². The van der Waals surface area contributed by atoms with Gasteiger partial charge in [0.25, 0.3) is 15.7 Å². The van der Waals surface area contributed by atoms with Crippen LogP contribution in [0.15, 0.2) is 47.4 Å². The maximum Gasteiger partial charge on any atom is 0.270 e. The van der Waals surface area contributed by atoms with Gasteiger partial charge in [0.15, 0.2) is 0 Å². The second kappa shape index (κ2) is 5.71. The van der Waals surface area contributed by atoms with E-state index in [-0.39, 0.29) is 23.7 Å². The third-order valence-electron chi connectivity index (χ3n) is 3.36. The zero-order valence-corrected chi connectivity index (χ0v) is 13.2. The van der Waals surface area contributed by atoms with Crippen molar-refractivity contribution in [3.8, 4) is 5.75 Å². The fourth-order valence-electron chi connectivity index (χ4n) is 2.30. The first-order valence-corrected chi connectivity index (χ1v) is 8.41. The summed E-state index contributed by atoms with van der Waals surface area (Å²) in [7, 11) is -3.96. The second-order valence-electron chi connectivity index (χ2n) is 4.79. The third-order valence-corrected chi connectivity index (χ3v) is 5.40. The Morgan fingerprint density at radius 1 is 1.22 bits per heavy atom. The van der Waals surface area contributed by atoms with E-state index in [1.807, 2.05) is 0 Å². The molecule has 0 saturated heterocycles. The Morgan fingerprint density at radius 2 is 2.00 bits per heavy atom. The zero-order valence-electron chi connectivity index (χ0n) is 11.7. The monoisotopic (exact) mass is 354 g/mol. The quantitative estimate of drug-likeness (QED) is 0.624. The van der Waals surface area contributed by atoms with Crippen LogP contribution >= 0.6 is 11.6 Å². The van der Waals surface area contributed by atoms with Crippen LogP contribution in [0.5, 0.6) is 5.75 Å². The van der Waals surface area contributed by atoms with E-state index in [1.165, 1.54) is 24.3 Å². The highest BCUT2D eigenvalue weighted by molar-refractivity contribution is 7.92. The van der Waals surface area contributed by atoms with Gasteiger partial charge in [0.2, 0.25) is 0 Å². The number of nitrogens with zero attached hydrogens (tertiary/aromatic N) is 2. The summed E-state index contributed by atoms with van der Waals surface area (Å²) >= 11 is 5.94. The van der Waals surface area contributed by atoms with Crippen molar-refractivity contribution < 1.29 is 18.1 Å². The van der Waals surface area contributed by atoms with Gasteiger partial charge in [-0.3, -0.25) is 14.4 Å². The van der Waals surface area contributed by atoms with Crippen molar-refractivity contribution in [1.82, 2.24) is 0 Å². The average molecular weight is 355 g/mol. The number of halogens is 1. The number of nitro benzene ring substituents is 1. The molecule has 0 spiro atoms. The molecule has 3 rings (SSSR count). The molecule has 0 amide bonds. The molecule has 7 nitrogen and oxygen atoms in total. The van der Waals surface area contributed by atoms with Crippen molar-refractivity contribution >= 4 is 33.0 Å². The molecule has 0 unspecified atom stereocenters. The van der Waals surface area contributed by atoms with Crippen LogP contribution in [-0.2, 0) is 10.0 Å². The Kier molecular flexibility index (Phi) is 3.87. The summed E-state index contributed by atoms with van der Waals surface area (Å²) < 4.78 is 32.3. The van der Waals surface area contributed by atoms with Crippen molar-refractivity contribution in [1.29, 1.82) is 0 Å². The molecular formula is C14H11ClN2O5S. The minimum Gasteiger partial charge on any atom is -0.489 e. The molecular weight excluding hydrogens is 344 g/mol. The summed E-state index contributed by atoms with van der Waals surface area (Å²) in [5.74, 6) is 0.398. The third kappa shape index (κ3) is 2.82. The van der Waals surface area contributed by atoms with E-state index in [0.717, 1.165) is 10.4 Å². The van der Waals surface area contributed by atoms with Crippen molar-refractivity contribution in [3.63, 3.8) is 0 Å². The maximum absolute atomic E-state index is 12.8. The second-order valence-corrected chi connectivity index (χ2v) is 7.09. The SMILES string of the molecule is O=[N+]([O-])c1cccc(S(=O)(=O)N2CCOc3ccc(Cl)cc32)c1. The van der Waals surface area contributed by atoms with E-state index in [2.05, 4.69) is 0 Å². The summed E-state index contributed by atoms with van der Waals surface area (Å²) in [5, 5.41) is 11.2. The Hall–Kier alpha value is -2.32. The molecule has 0 N–H and O–H groups in total. The first-order valence-electron chi connectivity index (χ1n) is 6.59. The molecule has 0 saturated carbocycles. The van der Waals surface area contributed by atoms with Crippen LogP contribution in [0, 0.1) is 10.1 Å². The normalized spacial score (nSPS) is 14.0. The van der Waals surface area contributed by atoms with E-state index in [4.69, 9.17) is 16.3 Å². The predicted octanol–water partition coefficient (Wildman–Crippen LogP) is 2.84. The molecule has 1 aliphatic heterocycles. The van der Waals surface area contributed by atoms with Gasteiger partial charge in [-0.25, -0.2) is 8.42 Å². The summed E-state index contributed by atoms with van der Waals surface area (Å²) in [6, 6.07) is 9.62. The molecule has 23 heavy (non-hydrogen) atoms. The van der Waals surface area contributed by atoms with Gasteiger partial charge >= 0.3 is 0 Å². The fourth-order valence-corrected chi connectivity index (χ4v) is 3.96. The van der Waals surface area contributed by atoms with Gasteiger partial charge in [-0.05, 0) is 24.3 Å². The topological polar surface area (TPSA) is 89.8 Å². The number of hydrogen-bond donors (Lipinski definition) is 0. The largest absolute Gasteiger partial charge is 0.489 e. The number of benzene rings is 2. The highest BCUT2D eigenvalue weighted by Crippen LogP contribution is 2.37. The van der Waals surface area contributed by atoms with Gasteiger partial charge in [-0.1, -0.05) is 17.7 Å². The standard InChI is InChI=1S/C14H11ClN2O5S/c15-10-4-5-14-13(8-10)16(6-7-22-14)23(20,21)12-3-1-2-11(9-12)17(18)19/h1-5,8-9H,6-7H2. The number of non-ortho nitro benzene ring substituents is 1. The van der Waals surface area contributed by atoms with Crippen molar-refractivity contribution in [3.05, 3.63) is 57.6 Å². The molecule has 0 aliphatic carbocycles.